The number of benzene rings is 1. The molecule has 0 unspecified atom stereocenters. The number of hydrogen-bond acceptors (Lipinski definition) is 6. The average molecular weight is 355 g/mol. The van der Waals surface area contributed by atoms with E-state index in [2.05, 4.69) is 46.2 Å². The summed E-state index contributed by atoms with van der Waals surface area (Å²) in [5.41, 5.74) is 8.09. The number of rotatable bonds is 5. The first-order chi connectivity index (χ1) is 12.5. The monoisotopic (exact) mass is 355 g/mol. The van der Waals surface area contributed by atoms with Gasteiger partial charge < -0.3 is 15.8 Å². The second-order valence-corrected chi connectivity index (χ2v) is 6.74. The van der Waals surface area contributed by atoms with E-state index in [1.807, 2.05) is 12.1 Å². The van der Waals surface area contributed by atoms with E-state index in [1.54, 1.807) is 0 Å². The number of nitrogens with one attached hydrogen (secondary N) is 1. The summed E-state index contributed by atoms with van der Waals surface area (Å²) in [5.74, 6) is -0.190. The lowest BCUT2D eigenvalue weighted by Crippen LogP contribution is -2.44. The first-order valence-corrected chi connectivity index (χ1v) is 8.81. The first-order valence-electron chi connectivity index (χ1n) is 8.81. The van der Waals surface area contributed by atoms with Gasteiger partial charge in [-0.3, -0.25) is 9.69 Å². The number of nitrogens with zero attached hydrogens (tertiary/aromatic N) is 3. The van der Waals surface area contributed by atoms with Crippen LogP contribution in [-0.2, 0) is 17.8 Å². The van der Waals surface area contributed by atoms with E-state index in [4.69, 9.17) is 10.5 Å². The van der Waals surface area contributed by atoms with Gasteiger partial charge in [0.05, 0.1) is 12.2 Å². The Labute approximate surface area is 153 Å². The van der Waals surface area contributed by atoms with Crippen LogP contribution in [0.1, 0.15) is 35.5 Å². The summed E-state index contributed by atoms with van der Waals surface area (Å²) in [5, 5.41) is 2.82. The predicted octanol–water partition coefficient (Wildman–Crippen LogP) is 1.60. The molecule has 2 atom stereocenters. The Morgan fingerprint density at radius 2 is 1.77 bits per heavy atom. The van der Waals surface area contributed by atoms with E-state index in [1.165, 1.54) is 18.0 Å². The van der Waals surface area contributed by atoms with Crippen molar-refractivity contribution >= 4 is 11.7 Å². The molecular weight excluding hydrogens is 330 g/mol. The van der Waals surface area contributed by atoms with E-state index in [0.717, 1.165) is 25.2 Å². The van der Waals surface area contributed by atoms with Crippen molar-refractivity contribution in [3.63, 3.8) is 0 Å². The molecule has 1 aliphatic heterocycles. The maximum atomic E-state index is 12.1. The van der Waals surface area contributed by atoms with Crippen molar-refractivity contribution in [2.45, 2.75) is 39.1 Å². The number of carbonyl (C=O) groups is 1. The topological polar surface area (TPSA) is 93.4 Å². The van der Waals surface area contributed by atoms with Gasteiger partial charge in [0.2, 0.25) is 0 Å². The fraction of sp³-hybridized carbons (Fsp3) is 0.421. The minimum atomic E-state index is -0.323. The molecule has 7 nitrogen and oxygen atoms in total. The Hall–Kier alpha value is -2.51. The van der Waals surface area contributed by atoms with E-state index in [0.29, 0.717) is 6.54 Å². The zero-order chi connectivity index (χ0) is 18.5. The summed E-state index contributed by atoms with van der Waals surface area (Å²) in [4.78, 5) is 22.4. The molecule has 2 aromatic rings. The number of ether oxygens (including phenoxy) is 1. The van der Waals surface area contributed by atoms with Gasteiger partial charge >= 0.3 is 0 Å². The van der Waals surface area contributed by atoms with Crippen molar-refractivity contribution in [1.82, 2.24) is 20.2 Å². The van der Waals surface area contributed by atoms with Gasteiger partial charge in [-0.1, -0.05) is 24.3 Å². The number of anilines is 1. The molecule has 1 aromatic heterocycles. The van der Waals surface area contributed by atoms with Crippen LogP contribution in [0.15, 0.2) is 36.7 Å². The Morgan fingerprint density at radius 3 is 2.42 bits per heavy atom. The van der Waals surface area contributed by atoms with Crippen LogP contribution < -0.4 is 11.1 Å². The number of nitrogen functional groups attached to an aromatic ring is 1. The quantitative estimate of drug-likeness (QED) is 0.846. The molecule has 7 heteroatoms. The molecule has 1 fully saturated rings. The highest BCUT2D eigenvalue weighted by Crippen LogP contribution is 2.15. The number of aromatic nitrogens is 2. The highest BCUT2D eigenvalue weighted by atomic mass is 16.5. The number of amides is 1. The molecule has 3 N–H and O–H groups in total. The van der Waals surface area contributed by atoms with Crippen molar-refractivity contribution in [1.29, 1.82) is 0 Å². The Morgan fingerprint density at radius 1 is 1.15 bits per heavy atom. The predicted molar refractivity (Wildman–Crippen MR) is 99.3 cm³/mol. The second-order valence-electron chi connectivity index (χ2n) is 6.74. The van der Waals surface area contributed by atoms with Gasteiger partial charge in [-0.05, 0) is 25.0 Å². The van der Waals surface area contributed by atoms with Crippen LogP contribution >= 0.6 is 0 Å². The second kappa shape index (κ2) is 8.25. The normalized spacial score (nSPS) is 20.7. The highest BCUT2D eigenvalue weighted by molar-refractivity contribution is 5.96. The third-order valence-corrected chi connectivity index (χ3v) is 4.32. The average Bonchev–Trinajstić information content (AvgIpc) is 2.60. The molecule has 138 valence electrons. The van der Waals surface area contributed by atoms with E-state index >= 15 is 0 Å². The minimum absolute atomic E-state index is 0.134. The molecule has 0 bridgehead atoms. The molecule has 0 spiro atoms. The number of nitrogens with two attached hydrogens (primary N) is 1. The van der Waals surface area contributed by atoms with Crippen LogP contribution in [0.3, 0.4) is 0 Å². The lowest BCUT2D eigenvalue weighted by molar-refractivity contribution is -0.0704. The van der Waals surface area contributed by atoms with Crippen molar-refractivity contribution in [2.24, 2.45) is 0 Å². The summed E-state index contributed by atoms with van der Waals surface area (Å²) < 4.78 is 5.77. The minimum Gasteiger partial charge on any atom is -0.382 e. The summed E-state index contributed by atoms with van der Waals surface area (Å²) >= 11 is 0. The van der Waals surface area contributed by atoms with Crippen LogP contribution in [-0.4, -0.2) is 46.1 Å². The summed E-state index contributed by atoms with van der Waals surface area (Å²) in [6, 6.07) is 8.26. The fourth-order valence-electron chi connectivity index (χ4n) is 3.22. The van der Waals surface area contributed by atoms with Crippen molar-refractivity contribution in [3.8, 4) is 0 Å². The van der Waals surface area contributed by atoms with Crippen molar-refractivity contribution < 1.29 is 9.53 Å². The highest BCUT2D eigenvalue weighted by Gasteiger charge is 2.21. The molecule has 0 radical (unpaired) electrons. The Bertz CT molecular complexity index is 740. The maximum Gasteiger partial charge on any atom is 0.273 e. The van der Waals surface area contributed by atoms with Gasteiger partial charge in [0.15, 0.2) is 11.5 Å². The smallest absolute Gasteiger partial charge is 0.273 e. The van der Waals surface area contributed by atoms with Crippen LogP contribution in [0.4, 0.5) is 5.82 Å². The number of hydrogen-bond donors (Lipinski definition) is 2. The fourth-order valence-corrected chi connectivity index (χ4v) is 3.22. The van der Waals surface area contributed by atoms with Gasteiger partial charge in [0.25, 0.3) is 5.91 Å². The van der Waals surface area contributed by atoms with E-state index in [9.17, 15) is 4.79 Å². The molecular formula is C19H25N5O2. The van der Waals surface area contributed by atoms with Crippen molar-refractivity contribution in [3.05, 3.63) is 53.5 Å². The molecule has 0 saturated carbocycles. The SMILES string of the molecule is C[C@@H]1CN(Cc2ccc(CNC(=O)c3nccnc3N)cc2)C[C@H](C)O1. The van der Waals surface area contributed by atoms with Crippen LogP contribution in [0.25, 0.3) is 0 Å². The number of carbonyl (C=O) groups excluding carboxylic acids is 1. The van der Waals surface area contributed by atoms with Gasteiger partial charge in [-0.2, -0.15) is 0 Å². The van der Waals surface area contributed by atoms with Crippen LogP contribution in [0.2, 0.25) is 0 Å². The van der Waals surface area contributed by atoms with Crippen LogP contribution in [0.5, 0.6) is 0 Å². The zero-order valence-electron chi connectivity index (χ0n) is 15.2. The summed E-state index contributed by atoms with van der Waals surface area (Å²) in [6.07, 6.45) is 3.44. The van der Waals surface area contributed by atoms with E-state index < -0.39 is 0 Å². The molecule has 3 rings (SSSR count). The Kier molecular flexibility index (Phi) is 5.80. The first kappa shape index (κ1) is 18.3. The summed E-state index contributed by atoms with van der Waals surface area (Å²) in [7, 11) is 0. The van der Waals surface area contributed by atoms with Gasteiger partial charge in [-0.15, -0.1) is 0 Å². The third kappa shape index (κ3) is 4.77. The molecule has 0 aliphatic carbocycles. The number of morpholine rings is 1. The molecule has 26 heavy (non-hydrogen) atoms. The van der Waals surface area contributed by atoms with Gasteiger partial charge in [0.1, 0.15) is 0 Å². The molecule has 1 saturated heterocycles. The molecule has 1 aliphatic rings. The largest absolute Gasteiger partial charge is 0.382 e. The molecule has 1 amide bonds. The lowest BCUT2D eigenvalue weighted by Gasteiger charge is -2.35. The van der Waals surface area contributed by atoms with E-state index in [-0.39, 0.29) is 29.6 Å². The standard InChI is InChI=1S/C19H25N5O2/c1-13-10-24(11-14(2)26-13)12-16-5-3-15(4-6-16)9-23-19(25)17-18(20)22-8-7-21-17/h3-8,13-14H,9-12H2,1-2H3,(H2,20,22)(H,23,25)/t13-,14+. The van der Waals surface area contributed by atoms with Crippen molar-refractivity contribution in [2.75, 3.05) is 18.8 Å². The summed E-state index contributed by atoms with van der Waals surface area (Å²) in [6.45, 7) is 7.43. The molecule has 2 heterocycles. The Balaban J connectivity index is 1.53. The lowest BCUT2D eigenvalue weighted by atomic mass is 10.1. The maximum absolute atomic E-state index is 12.1. The van der Waals surface area contributed by atoms with Gasteiger partial charge in [-0.25, -0.2) is 9.97 Å². The molecule has 1 aromatic carbocycles. The third-order valence-electron chi connectivity index (χ3n) is 4.32. The zero-order valence-corrected chi connectivity index (χ0v) is 15.2. The van der Waals surface area contributed by atoms with Crippen LogP contribution in [0, 0.1) is 0 Å². The van der Waals surface area contributed by atoms with Gasteiger partial charge in [0, 0.05) is 38.6 Å².